The van der Waals surface area contributed by atoms with Crippen molar-refractivity contribution in [3.05, 3.63) is 23.8 Å². The predicted octanol–water partition coefficient (Wildman–Crippen LogP) is -0.0326. The van der Waals surface area contributed by atoms with Crippen LogP contribution in [0.25, 0.3) is 0 Å². The monoisotopic (exact) mass is 319 g/mol. The Morgan fingerprint density at radius 2 is 2.09 bits per heavy atom. The maximum Gasteiger partial charge on any atom is 0.414 e. The lowest BCUT2D eigenvalue weighted by molar-refractivity contribution is -0.159. The van der Waals surface area contributed by atoms with Gasteiger partial charge in [-0.15, -0.1) is 0 Å². The minimum absolute atomic E-state index is 0.0818. The summed E-state index contributed by atoms with van der Waals surface area (Å²) in [5.41, 5.74) is 2.73. The summed E-state index contributed by atoms with van der Waals surface area (Å²) in [5, 5.41) is 18.1. The van der Waals surface area contributed by atoms with Crippen LogP contribution in [0.15, 0.2) is 23.2 Å². The number of anilines is 1. The van der Waals surface area contributed by atoms with Crippen molar-refractivity contribution in [2.45, 2.75) is 12.5 Å². The van der Waals surface area contributed by atoms with Gasteiger partial charge in [-0.2, -0.15) is 0 Å². The van der Waals surface area contributed by atoms with Crippen LogP contribution in [0.2, 0.25) is 0 Å². The van der Waals surface area contributed by atoms with E-state index in [4.69, 9.17) is 24.5 Å². The predicted molar refractivity (Wildman–Crippen MR) is 82.4 cm³/mol. The zero-order chi connectivity index (χ0) is 16.4. The zero-order valence-electron chi connectivity index (χ0n) is 12.4. The third-order valence-electron chi connectivity index (χ3n) is 3.89. The molecule has 8 nitrogen and oxygen atoms in total. The van der Waals surface area contributed by atoms with Gasteiger partial charge in [0.1, 0.15) is 11.6 Å². The molecule has 8 heteroatoms. The van der Waals surface area contributed by atoms with E-state index < -0.39 is 11.9 Å². The molecular formula is C15H17N3O5. The Morgan fingerprint density at radius 1 is 1.30 bits per heavy atom. The van der Waals surface area contributed by atoms with Crippen molar-refractivity contribution in [2.75, 3.05) is 31.1 Å². The summed E-state index contributed by atoms with van der Waals surface area (Å²) in [7, 11) is 0. The number of rotatable bonds is 1. The highest BCUT2D eigenvalue weighted by atomic mass is 16.5. The quantitative estimate of drug-likeness (QED) is 0.623. The molecule has 1 aromatic carbocycles. The smallest absolute Gasteiger partial charge is 0.414 e. The Balaban J connectivity index is 0.000000227. The standard InChI is InChI=1S/C13H15N3O.C2H2O4/c1-2-9-4-7-16-8-11(13-14-5-6-15-13)17-10(3-1)12(9)16;3-1(4)2(5)6/h1-3,11H,4-8H2,(H,14,15);(H,3,4)(H,5,6). The molecule has 4 rings (SSSR count). The number of aliphatic carboxylic acids is 2. The van der Waals surface area contributed by atoms with Crippen molar-refractivity contribution in [3.8, 4) is 5.75 Å². The lowest BCUT2D eigenvalue weighted by Crippen LogP contribution is -2.47. The fraction of sp³-hybridized carbons (Fsp3) is 0.400. The van der Waals surface area contributed by atoms with Crippen LogP contribution in [0.5, 0.6) is 5.75 Å². The Hall–Kier alpha value is -2.77. The number of hydrogen-bond acceptors (Lipinski definition) is 6. The summed E-state index contributed by atoms with van der Waals surface area (Å²) in [6.45, 7) is 3.86. The van der Waals surface area contributed by atoms with E-state index >= 15 is 0 Å². The second-order valence-electron chi connectivity index (χ2n) is 5.37. The molecular weight excluding hydrogens is 302 g/mol. The van der Waals surface area contributed by atoms with E-state index in [9.17, 15) is 0 Å². The molecule has 0 amide bonds. The second-order valence-corrected chi connectivity index (χ2v) is 5.37. The number of para-hydroxylation sites is 1. The van der Waals surface area contributed by atoms with E-state index in [1.54, 1.807) is 0 Å². The van der Waals surface area contributed by atoms with Gasteiger partial charge >= 0.3 is 11.9 Å². The highest BCUT2D eigenvalue weighted by molar-refractivity contribution is 6.27. The van der Waals surface area contributed by atoms with Gasteiger partial charge in [0, 0.05) is 13.1 Å². The molecule has 122 valence electrons. The number of nitrogens with one attached hydrogen (secondary N) is 1. The minimum atomic E-state index is -1.82. The number of carboxylic acids is 2. The summed E-state index contributed by atoms with van der Waals surface area (Å²) < 4.78 is 6.07. The van der Waals surface area contributed by atoms with Crippen LogP contribution >= 0.6 is 0 Å². The van der Waals surface area contributed by atoms with Crippen LogP contribution in [0.1, 0.15) is 5.56 Å². The van der Waals surface area contributed by atoms with Crippen LogP contribution in [-0.4, -0.2) is 60.3 Å². The van der Waals surface area contributed by atoms with Crippen LogP contribution in [0, 0.1) is 0 Å². The molecule has 0 bridgehead atoms. The van der Waals surface area contributed by atoms with Gasteiger partial charge < -0.3 is 25.2 Å². The lowest BCUT2D eigenvalue weighted by atomic mass is 10.1. The van der Waals surface area contributed by atoms with Crippen LogP contribution in [0.3, 0.4) is 0 Å². The third kappa shape index (κ3) is 3.05. The molecule has 1 atom stereocenters. The first-order valence-corrected chi connectivity index (χ1v) is 7.34. The molecule has 3 aliphatic rings. The average molecular weight is 319 g/mol. The molecule has 0 aliphatic carbocycles. The number of hydrogen-bond donors (Lipinski definition) is 3. The molecule has 0 saturated heterocycles. The van der Waals surface area contributed by atoms with Gasteiger partial charge in [-0.3, -0.25) is 4.99 Å². The molecule has 0 fully saturated rings. The fourth-order valence-electron chi connectivity index (χ4n) is 2.94. The number of ether oxygens (including phenoxy) is 1. The molecule has 3 heterocycles. The number of benzene rings is 1. The molecule has 1 aromatic rings. The molecule has 0 aromatic heterocycles. The highest BCUT2D eigenvalue weighted by Crippen LogP contribution is 2.40. The molecule has 1 unspecified atom stereocenters. The fourth-order valence-corrected chi connectivity index (χ4v) is 2.94. The van der Waals surface area contributed by atoms with E-state index in [1.165, 1.54) is 11.3 Å². The highest BCUT2D eigenvalue weighted by Gasteiger charge is 2.34. The topological polar surface area (TPSA) is 111 Å². The number of aliphatic imine (C=N–C) groups is 1. The van der Waals surface area contributed by atoms with E-state index in [0.717, 1.165) is 44.2 Å². The summed E-state index contributed by atoms with van der Waals surface area (Å²) in [4.78, 5) is 25.1. The largest absolute Gasteiger partial charge is 0.478 e. The number of nitrogens with zero attached hydrogens (tertiary/aromatic N) is 2. The summed E-state index contributed by atoms with van der Waals surface area (Å²) >= 11 is 0. The first kappa shape index (κ1) is 15.1. The van der Waals surface area contributed by atoms with Crippen molar-refractivity contribution in [2.24, 2.45) is 4.99 Å². The van der Waals surface area contributed by atoms with Crippen LogP contribution in [0.4, 0.5) is 5.69 Å². The Bertz CT molecular complexity index is 661. The van der Waals surface area contributed by atoms with Crippen molar-refractivity contribution < 1.29 is 24.5 Å². The van der Waals surface area contributed by atoms with E-state index in [2.05, 4.69) is 33.4 Å². The van der Waals surface area contributed by atoms with Crippen LogP contribution < -0.4 is 15.0 Å². The molecule has 0 spiro atoms. The lowest BCUT2D eigenvalue weighted by Gasteiger charge is -2.33. The number of carboxylic acid groups (broad SMARTS) is 2. The Kier molecular flexibility index (Phi) is 4.05. The molecule has 3 N–H and O–H groups in total. The van der Waals surface area contributed by atoms with E-state index in [-0.39, 0.29) is 6.10 Å². The summed E-state index contributed by atoms with van der Waals surface area (Å²) in [5.74, 6) is -1.61. The van der Waals surface area contributed by atoms with Gasteiger partial charge in [-0.25, -0.2) is 9.59 Å². The summed E-state index contributed by atoms with van der Waals surface area (Å²) in [6.07, 6.45) is 1.22. The van der Waals surface area contributed by atoms with E-state index in [1.807, 2.05) is 0 Å². The van der Waals surface area contributed by atoms with Crippen molar-refractivity contribution in [1.29, 1.82) is 0 Å². The van der Waals surface area contributed by atoms with Gasteiger partial charge in [0.15, 0.2) is 6.10 Å². The summed E-state index contributed by atoms with van der Waals surface area (Å²) in [6, 6.07) is 6.36. The molecule has 3 aliphatic heterocycles. The Morgan fingerprint density at radius 3 is 2.74 bits per heavy atom. The molecule has 0 saturated carbocycles. The van der Waals surface area contributed by atoms with Crippen molar-refractivity contribution >= 4 is 23.5 Å². The van der Waals surface area contributed by atoms with Gasteiger partial charge in [0.25, 0.3) is 0 Å². The minimum Gasteiger partial charge on any atom is -0.478 e. The van der Waals surface area contributed by atoms with Gasteiger partial charge in [0.05, 0.1) is 18.8 Å². The second kappa shape index (κ2) is 6.15. The first-order valence-electron chi connectivity index (χ1n) is 7.34. The molecule has 23 heavy (non-hydrogen) atoms. The Labute approximate surface area is 132 Å². The normalized spacial score (nSPS) is 20.4. The maximum atomic E-state index is 9.10. The third-order valence-corrected chi connectivity index (χ3v) is 3.89. The maximum absolute atomic E-state index is 9.10. The SMILES string of the molecule is O=C(O)C(=O)O.c1cc2c3c(c1)OC(C1=NCCN1)CN3CC2. The van der Waals surface area contributed by atoms with Gasteiger partial charge in [-0.05, 0) is 18.1 Å². The first-order chi connectivity index (χ1) is 11.1. The average Bonchev–Trinajstić information content (AvgIpc) is 3.19. The van der Waals surface area contributed by atoms with Gasteiger partial charge in [0.2, 0.25) is 0 Å². The number of amidine groups is 1. The molecule has 0 radical (unpaired) electrons. The number of carbonyl (C=O) groups is 2. The van der Waals surface area contributed by atoms with E-state index in [0.29, 0.717) is 0 Å². The van der Waals surface area contributed by atoms with Crippen molar-refractivity contribution in [1.82, 2.24) is 5.32 Å². The van der Waals surface area contributed by atoms with Gasteiger partial charge in [-0.1, -0.05) is 12.1 Å². The van der Waals surface area contributed by atoms with Crippen molar-refractivity contribution in [3.63, 3.8) is 0 Å². The van der Waals surface area contributed by atoms with Crippen LogP contribution in [-0.2, 0) is 16.0 Å². The zero-order valence-corrected chi connectivity index (χ0v) is 12.4.